The summed E-state index contributed by atoms with van der Waals surface area (Å²) in [4.78, 5) is 10.7. The molecular weight excluding hydrogens is 262 g/mol. The molecule has 2 aromatic rings. The Labute approximate surface area is 107 Å². The van der Waals surface area contributed by atoms with Crippen LogP contribution in [-0.4, -0.2) is 6.29 Å². The van der Waals surface area contributed by atoms with E-state index in [9.17, 15) is 13.6 Å². The van der Waals surface area contributed by atoms with Crippen molar-refractivity contribution in [2.24, 2.45) is 0 Å². The summed E-state index contributed by atoms with van der Waals surface area (Å²) in [6, 6.07) is 7.34. The Morgan fingerprint density at radius 1 is 1.11 bits per heavy atom. The van der Waals surface area contributed by atoms with Gasteiger partial charge in [-0.15, -0.1) is 0 Å². The first-order valence-corrected chi connectivity index (χ1v) is 5.35. The summed E-state index contributed by atoms with van der Waals surface area (Å²) in [6.45, 7) is 0. The summed E-state index contributed by atoms with van der Waals surface area (Å²) in [5.74, 6) is -0.865. The number of hydrogen-bond acceptors (Lipinski definition) is 2. The molecule has 0 N–H and O–H groups in total. The molecule has 0 aliphatic carbocycles. The van der Waals surface area contributed by atoms with Crippen LogP contribution in [0, 0.1) is 11.6 Å². The summed E-state index contributed by atoms with van der Waals surface area (Å²) in [5.41, 5.74) is 0.0466. The van der Waals surface area contributed by atoms with E-state index in [4.69, 9.17) is 16.3 Å². The van der Waals surface area contributed by atoms with Crippen molar-refractivity contribution in [1.29, 1.82) is 0 Å². The maximum atomic E-state index is 13.2. The van der Waals surface area contributed by atoms with Crippen molar-refractivity contribution in [3.63, 3.8) is 0 Å². The van der Waals surface area contributed by atoms with E-state index in [-0.39, 0.29) is 22.1 Å². The van der Waals surface area contributed by atoms with Gasteiger partial charge >= 0.3 is 0 Å². The van der Waals surface area contributed by atoms with Crippen molar-refractivity contribution < 1.29 is 18.3 Å². The summed E-state index contributed by atoms with van der Waals surface area (Å²) >= 11 is 5.53. The normalized spacial score (nSPS) is 10.2. The molecule has 0 bridgehead atoms. The van der Waals surface area contributed by atoms with Gasteiger partial charge in [0.05, 0.1) is 10.6 Å². The predicted molar refractivity (Wildman–Crippen MR) is 63.3 cm³/mol. The number of carbonyl (C=O) groups is 1. The zero-order valence-corrected chi connectivity index (χ0v) is 9.75. The van der Waals surface area contributed by atoms with Crippen LogP contribution < -0.4 is 4.74 Å². The third-order valence-electron chi connectivity index (χ3n) is 2.22. The Morgan fingerprint density at radius 2 is 1.89 bits per heavy atom. The molecule has 0 aliphatic heterocycles. The van der Waals surface area contributed by atoms with Crippen LogP contribution in [0.5, 0.6) is 11.5 Å². The monoisotopic (exact) mass is 268 g/mol. The summed E-state index contributed by atoms with van der Waals surface area (Å²) in [7, 11) is 0. The number of halogens is 3. The highest BCUT2D eigenvalue weighted by atomic mass is 35.5. The van der Waals surface area contributed by atoms with Gasteiger partial charge in [0, 0.05) is 6.07 Å². The second-order valence-corrected chi connectivity index (χ2v) is 3.89. The minimum absolute atomic E-state index is 0.0305. The van der Waals surface area contributed by atoms with Gasteiger partial charge in [-0.1, -0.05) is 11.6 Å². The summed E-state index contributed by atoms with van der Waals surface area (Å²) in [6.07, 6.45) is 0.463. The minimum Gasteiger partial charge on any atom is -0.457 e. The number of carbonyl (C=O) groups excluding carboxylic acids is 1. The summed E-state index contributed by atoms with van der Waals surface area (Å²) < 4.78 is 31.4. The topological polar surface area (TPSA) is 26.3 Å². The van der Waals surface area contributed by atoms with Gasteiger partial charge in [-0.25, -0.2) is 8.78 Å². The van der Waals surface area contributed by atoms with Crippen LogP contribution in [0.2, 0.25) is 5.02 Å². The fourth-order valence-corrected chi connectivity index (χ4v) is 1.49. The molecule has 0 fully saturated rings. The third-order valence-corrected chi connectivity index (χ3v) is 2.52. The van der Waals surface area contributed by atoms with E-state index in [0.717, 1.165) is 18.2 Å². The molecule has 0 saturated carbocycles. The largest absolute Gasteiger partial charge is 0.457 e. The Balaban J connectivity index is 2.33. The Morgan fingerprint density at radius 3 is 2.56 bits per heavy atom. The van der Waals surface area contributed by atoms with Crippen LogP contribution in [0.25, 0.3) is 0 Å². The van der Waals surface area contributed by atoms with Crippen LogP contribution in [0.4, 0.5) is 8.78 Å². The van der Waals surface area contributed by atoms with Gasteiger partial charge in [-0.05, 0) is 30.3 Å². The second-order valence-electron chi connectivity index (χ2n) is 3.48. The Kier molecular flexibility index (Phi) is 3.58. The van der Waals surface area contributed by atoms with Crippen LogP contribution in [0.1, 0.15) is 10.4 Å². The zero-order valence-electron chi connectivity index (χ0n) is 8.99. The number of benzene rings is 2. The van der Waals surface area contributed by atoms with Crippen LogP contribution >= 0.6 is 11.6 Å². The SMILES string of the molecule is O=Cc1cc(F)ccc1Oc1ccc(Cl)c(F)c1. The lowest BCUT2D eigenvalue weighted by molar-refractivity contribution is 0.112. The van der Waals surface area contributed by atoms with Gasteiger partial charge in [0.15, 0.2) is 6.29 Å². The average molecular weight is 269 g/mol. The quantitative estimate of drug-likeness (QED) is 0.779. The fourth-order valence-electron chi connectivity index (χ4n) is 1.37. The predicted octanol–water partition coefficient (Wildman–Crippen LogP) is 4.22. The molecule has 0 saturated heterocycles. The maximum Gasteiger partial charge on any atom is 0.153 e. The Bertz CT molecular complexity index is 600. The van der Waals surface area contributed by atoms with Crippen molar-refractivity contribution in [3.8, 4) is 11.5 Å². The second kappa shape index (κ2) is 5.14. The average Bonchev–Trinajstić information content (AvgIpc) is 2.36. The van der Waals surface area contributed by atoms with E-state index in [1.54, 1.807) is 0 Å². The molecule has 0 radical (unpaired) electrons. The zero-order chi connectivity index (χ0) is 13.1. The first kappa shape index (κ1) is 12.5. The van der Waals surface area contributed by atoms with Gasteiger partial charge in [0.25, 0.3) is 0 Å². The van der Waals surface area contributed by atoms with Crippen molar-refractivity contribution in [2.45, 2.75) is 0 Å². The molecular formula is C13H7ClF2O2. The van der Waals surface area contributed by atoms with E-state index < -0.39 is 11.6 Å². The van der Waals surface area contributed by atoms with E-state index in [0.29, 0.717) is 6.29 Å². The number of hydrogen-bond donors (Lipinski definition) is 0. The van der Waals surface area contributed by atoms with Crippen LogP contribution in [0.3, 0.4) is 0 Å². The van der Waals surface area contributed by atoms with Crippen molar-refractivity contribution in [1.82, 2.24) is 0 Å². The molecule has 0 unspecified atom stereocenters. The lowest BCUT2D eigenvalue weighted by Crippen LogP contribution is -1.92. The highest BCUT2D eigenvalue weighted by Crippen LogP contribution is 2.27. The third kappa shape index (κ3) is 2.65. The molecule has 0 heterocycles. The van der Waals surface area contributed by atoms with Crippen molar-refractivity contribution >= 4 is 17.9 Å². The number of aldehydes is 1. The van der Waals surface area contributed by atoms with Gasteiger partial charge < -0.3 is 4.74 Å². The molecule has 92 valence electrons. The lowest BCUT2D eigenvalue weighted by Gasteiger charge is -2.08. The van der Waals surface area contributed by atoms with Gasteiger partial charge in [-0.2, -0.15) is 0 Å². The molecule has 0 amide bonds. The van der Waals surface area contributed by atoms with E-state index >= 15 is 0 Å². The smallest absolute Gasteiger partial charge is 0.153 e. The molecule has 0 aromatic heterocycles. The first-order valence-electron chi connectivity index (χ1n) is 4.98. The molecule has 2 rings (SSSR count). The molecule has 5 heteroatoms. The highest BCUT2D eigenvalue weighted by molar-refractivity contribution is 6.30. The number of ether oxygens (including phenoxy) is 1. The van der Waals surface area contributed by atoms with Crippen LogP contribution in [-0.2, 0) is 0 Å². The number of rotatable bonds is 3. The highest BCUT2D eigenvalue weighted by Gasteiger charge is 2.07. The molecule has 2 aromatic carbocycles. The molecule has 0 aliphatic rings. The van der Waals surface area contributed by atoms with Gasteiger partial charge in [0.1, 0.15) is 23.1 Å². The fraction of sp³-hybridized carbons (Fsp3) is 0. The molecule has 0 spiro atoms. The molecule has 18 heavy (non-hydrogen) atoms. The standard InChI is InChI=1S/C13H7ClF2O2/c14-11-3-2-10(6-12(11)16)18-13-4-1-9(15)5-8(13)7-17/h1-7H. The van der Waals surface area contributed by atoms with Crippen molar-refractivity contribution in [2.75, 3.05) is 0 Å². The molecule has 0 atom stereocenters. The Hall–Kier alpha value is -1.94. The summed E-state index contributed by atoms with van der Waals surface area (Å²) in [5, 5.41) is -0.0305. The maximum absolute atomic E-state index is 13.2. The first-order chi connectivity index (χ1) is 8.60. The van der Waals surface area contributed by atoms with E-state index in [2.05, 4.69) is 0 Å². The van der Waals surface area contributed by atoms with Crippen LogP contribution in [0.15, 0.2) is 36.4 Å². The van der Waals surface area contributed by atoms with E-state index in [1.165, 1.54) is 18.2 Å². The molecule has 2 nitrogen and oxygen atoms in total. The van der Waals surface area contributed by atoms with Crippen molar-refractivity contribution in [3.05, 3.63) is 58.6 Å². The van der Waals surface area contributed by atoms with E-state index in [1.807, 2.05) is 0 Å². The minimum atomic E-state index is -0.635. The van der Waals surface area contributed by atoms with Gasteiger partial charge in [-0.3, -0.25) is 4.79 Å². The van der Waals surface area contributed by atoms with Gasteiger partial charge in [0.2, 0.25) is 0 Å². The lowest BCUT2D eigenvalue weighted by atomic mass is 10.2.